The fraction of sp³-hybridized carbons (Fsp3) is 0.429. The lowest BCUT2D eigenvalue weighted by molar-refractivity contribution is -0.145. The van der Waals surface area contributed by atoms with E-state index in [0.717, 1.165) is 11.3 Å². The number of amides is 1. The molecule has 2 aromatic rings. The van der Waals surface area contributed by atoms with Crippen molar-refractivity contribution >= 4 is 35.5 Å². The minimum absolute atomic E-state index is 0.372. The Kier molecular flexibility index (Phi) is 7.13. The van der Waals surface area contributed by atoms with Crippen molar-refractivity contribution in [1.29, 1.82) is 0 Å². The van der Waals surface area contributed by atoms with Gasteiger partial charge in [-0.3, -0.25) is 4.90 Å². The summed E-state index contributed by atoms with van der Waals surface area (Å²) in [5.74, 6) is -0.372. The number of carbonyl (C=O) groups excluding carboxylic acids is 2. The standard InChI is InChI=1S/C11H19NO4.C10H8S/c1-11(2,3)16-10(14)12-7-5-6-8(12)9(13)15-4;11-10-7-3-5-8-4-1-2-6-9(8)10/h8H,5-7H2,1-4H3;1-7,11H. The fourth-order valence-electron chi connectivity index (χ4n) is 2.90. The summed E-state index contributed by atoms with van der Waals surface area (Å²) >= 11 is 4.35. The van der Waals surface area contributed by atoms with E-state index < -0.39 is 17.7 Å². The molecule has 0 aromatic heterocycles. The van der Waals surface area contributed by atoms with Crippen LogP contribution in [-0.4, -0.2) is 42.3 Å². The number of fused-ring (bicyclic) bond motifs is 1. The number of carbonyl (C=O) groups is 2. The second-order valence-electron chi connectivity index (χ2n) is 7.35. The number of likely N-dealkylation sites (tertiary alicyclic amines) is 1. The highest BCUT2D eigenvalue weighted by Gasteiger charge is 2.37. The van der Waals surface area contributed by atoms with Gasteiger partial charge in [0.1, 0.15) is 11.6 Å². The van der Waals surface area contributed by atoms with Crippen LogP contribution in [0.3, 0.4) is 0 Å². The molecule has 1 aliphatic heterocycles. The number of esters is 1. The predicted octanol–water partition coefficient (Wildman–Crippen LogP) is 4.69. The lowest BCUT2D eigenvalue weighted by atomic mass is 10.1. The minimum Gasteiger partial charge on any atom is -0.467 e. The van der Waals surface area contributed by atoms with Gasteiger partial charge in [0.25, 0.3) is 0 Å². The second kappa shape index (κ2) is 9.13. The van der Waals surface area contributed by atoms with E-state index in [2.05, 4.69) is 35.6 Å². The number of ether oxygens (including phenoxy) is 2. The average molecular weight is 390 g/mol. The molecular weight excluding hydrogens is 362 g/mol. The van der Waals surface area contributed by atoms with Crippen LogP contribution in [0.15, 0.2) is 47.4 Å². The molecule has 146 valence electrons. The molecule has 1 heterocycles. The molecule has 0 spiro atoms. The Bertz CT molecular complexity index is 795. The second-order valence-corrected chi connectivity index (χ2v) is 7.84. The molecule has 1 atom stereocenters. The Hall–Kier alpha value is -2.21. The summed E-state index contributed by atoms with van der Waals surface area (Å²) in [5, 5.41) is 2.47. The number of methoxy groups -OCH3 is 1. The summed E-state index contributed by atoms with van der Waals surface area (Å²) in [6.45, 7) is 5.95. The molecule has 1 fully saturated rings. The highest BCUT2D eigenvalue weighted by Crippen LogP contribution is 2.22. The van der Waals surface area contributed by atoms with Crippen LogP contribution < -0.4 is 0 Å². The Morgan fingerprint density at radius 1 is 1.11 bits per heavy atom. The Morgan fingerprint density at radius 2 is 1.78 bits per heavy atom. The van der Waals surface area contributed by atoms with Crippen molar-refractivity contribution in [2.75, 3.05) is 13.7 Å². The molecule has 2 aromatic carbocycles. The molecule has 5 nitrogen and oxygen atoms in total. The first kappa shape index (κ1) is 21.1. The maximum Gasteiger partial charge on any atom is 0.411 e. The fourth-order valence-corrected chi connectivity index (χ4v) is 3.18. The Balaban J connectivity index is 0.000000206. The van der Waals surface area contributed by atoms with Crippen molar-refractivity contribution in [3.8, 4) is 0 Å². The number of thiol groups is 1. The molecule has 1 saturated heterocycles. The summed E-state index contributed by atoms with van der Waals surface area (Å²) in [5.41, 5.74) is -0.541. The third kappa shape index (κ3) is 5.89. The molecule has 0 aliphatic carbocycles. The number of nitrogens with zero attached hydrogens (tertiary/aromatic N) is 1. The highest BCUT2D eigenvalue weighted by atomic mass is 32.1. The Morgan fingerprint density at radius 3 is 2.41 bits per heavy atom. The van der Waals surface area contributed by atoms with Gasteiger partial charge in [-0.1, -0.05) is 36.4 Å². The average Bonchev–Trinajstić information content (AvgIpc) is 3.11. The number of hydrogen-bond acceptors (Lipinski definition) is 5. The van der Waals surface area contributed by atoms with E-state index >= 15 is 0 Å². The van der Waals surface area contributed by atoms with Crippen LogP contribution in [0.25, 0.3) is 10.8 Å². The van der Waals surface area contributed by atoms with E-state index in [1.165, 1.54) is 22.8 Å². The van der Waals surface area contributed by atoms with Crippen molar-refractivity contribution in [3.63, 3.8) is 0 Å². The molecule has 1 unspecified atom stereocenters. The van der Waals surface area contributed by atoms with Crippen LogP contribution in [0.5, 0.6) is 0 Å². The minimum atomic E-state index is -0.541. The van der Waals surface area contributed by atoms with Gasteiger partial charge < -0.3 is 9.47 Å². The molecular formula is C21H27NO4S. The molecule has 0 bridgehead atoms. The highest BCUT2D eigenvalue weighted by molar-refractivity contribution is 7.80. The summed E-state index contributed by atoms with van der Waals surface area (Å²) in [4.78, 5) is 25.7. The summed E-state index contributed by atoms with van der Waals surface area (Å²) < 4.78 is 9.88. The van der Waals surface area contributed by atoms with E-state index in [-0.39, 0.29) is 5.97 Å². The van der Waals surface area contributed by atoms with Gasteiger partial charge in [0.2, 0.25) is 0 Å². The SMILES string of the molecule is COC(=O)C1CCCN1C(=O)OC(C)(C)C.Sc1cccc2ccccc12. The molecule has 27 heavy (non-hydrogen) atoms. The Labute approximate surface area is 166 Å². The summed E-state index contributed by atoms with van der Waals surface area (Å²) in [6.07, 6.45) is 1.01. The topological polar surface area (TPSA) is 55.8 Å². The van der Waals surface area contributed by atoms with E-state index in [9.17, 15) is 9.59 Å². The monoisotopic (exact) mass is 389 g/mol. The molecule has 0 radical (unpaired) electrons. The smallest absolute Gasteiger partial charge is 0.411 e. The first-order valence-corrected chi connectivity index (χ1v) is 9.42. The van der Waals surface area contributed by atoms with Crippen molar-refractivity contribution in [2.24, 2.45) is 0 Å². The van der Waals surface area contributed by atoms with Gasteiger partial charge in [-0.05, 0) is 50.5 Å². The van der Waals surface area contributed by atoms with E-state index in [1.807, 2.05) is 24.3 Å². The van der Waals surface area contributed by atoms with E-state index in [0.29, 0.717) is 13.0 Å². The molecule has 1 amide bonds. The van der Waals surface area contributed by atoms with Gasteiger partial charge in [-0.2, -0.15) is 0 Å². The van der Waals surface area contributed by atoms with Gasteiger partial charge in [0.15, 0.2) is 0 Å². The molecule has 3 rings (SSSR count). The van der Waals surface area contributed by atoms with Crippen LogP contribution in [0.1, 0.15) is 33.6 Å². The van der Waals surface area contributed by atoms with Gasteiger partial charge in [-0.15, -0.1) is 12.6 Å². The summed E-state index contributed by atoms with van der Waals surface area (Å²) in [6, 6.07) is 13.9. The maximum absolute atomic E-state index is 11.8. The van der Waals surface area contributed by atoms with Gasteiger partial charge in [0, 0.05) is 11.4 Å². The normalized spacial score (nSPS) is 16.5. The summed E-state index contributed by atoms with van der Waals surface area (Å²) in [7, 11) is 1.33. The first-order chi connectivity index (χ1) is 12.7. The lowest BCUT2D eigenvalue weighted by Gasteiger charge is -2.27. The number of rotatable bonds is 1. The zero-order valence-electron chi connectivity index (χ0n) is 16.3. The molecule has 6 heteroatoms. The first-order valence-electron chi connectivity index (χ1n) is 8.97. The lowest BCUT2D eigenvalue weighted by Crippen LogP contribution is -2.43. The van der Waals surface area contributed by atoms with E-state index in [4.69, 9.17) is 4.74 Å². The number of benzene rings is 2. The van der Waals surface area contributed by atoms with Crippen molar-refractivity contribution < 1.29 is 19.1 Å². The zero-order chi connectivity index (χ0) is 20.0. The maximum atomic E-state index is 11.8. The van der Waals surface area contributed by atoms with Gasteiger partial charge >= 0.3 is 12.1 Å². The van der Waals surface area contributed by atoms with Gasteiger partial charge in [-0.25, -0.2) is 9.59 Å². The van der Waals surface area contributed by atoms with E-state index in [1.54, 1.807) is 20.8 Å². The van der Waals surface area contributed by atoms with Crippen LogP contribution >= 0.6 is 12.6 Å². The molecule has 0 N–H and O–H groups in total. The largest absolute Gasteiger partial charge is 0.467 e. The quantitative estimate of drug-likeness (QED) is 0.568. The molecule has 1 aliphatic rings. The predicted molar refractivity (Wildman–Crippen MR) is 109 cm³/mol. The van der Waals surface area contributed by atoms with Crippen LogP contribution in [0, 0.1) is 0 Å². The third-order valence-electron chi connectivity index (χ3n) is 4.12. The van der Waals surface area contributed by atoms with Crippen molar-refractivity contribution in [3.05, 3.63) is 42.5 Å². The molecule has 0 saturated carbocycles. The van der Waals surface area contributed by atoms with Crippen LogP contribution in [0.2, 0.25) is 0 Å². The van der Waals surface area contributed by atoms with Crippen molar-refractivity contribution in [1.82, 2.24) is 4.90 Å². The number of hydrogen-bond donors (Lipinski definition) is 1. The van der Waals surface area contributed by atoms with Crippen LogP contribution in [-0.2, 0) is 14.3 Å². The third-order valence-corrected chi connectivity index (χ3v) is 4.51. The van der Waals surface area contributed by atoms with Crippen LogP contribution in [0.4, 0.5) is 4.79 Å². The van der Waals surface area contributed by atoms with Gasteiger partial charge in [0.05, 0.1) is 7.11 Å². The van der Waals surface area contributed by atoms with Crippen molar-refractivity contribution in [2.45, 2.75) is 50.2 Å². The zero-order valence-corrected chi connectivity index (χ0v) is 17.2.